The molecule has 0 amide bonds. The van der Waals surface area contributed by atoms with Crippen molar-refractivity contribution in [2.45, 2.75) is 13.5 Å². The Balaban J connectivity index is 2.04. The number of nitrogens with zero attached hydrogens (tertiary/aromatic N) is 2. The highest BCUT2D eigenvalue weighted by Crippen LogP contribution is 2.15. The Morgan fingerprint density at radius 1 is 1.29 bits per heavy atom. The fourth-order valence-electron chi connectivity index (χ4n) is 1.42. The zero-order valence-electron chi connectivity index (χ0n) is 9.60. The minimum Gasteiger partial charge on any atom is -0.370 e. The molecule has 0 saturated heterocycles. The van der Waals surface area contributed by atoms with Gasteiger partial charge in [0.2, 0.25) is 5.95 Å². The van der Waals surface area contributed by atoms with Gasteiger partial charge in [-0.15, -0.1) is 11.3 Å². The van der Waals surface area contributed by atoms with Crippen LogP contribution in [0.2, 0.25) is 0 Å². The molecule has 5 nitrogen and oxygen atoms in total. The molecule has 0 aromatic carbocycles. The third kappa shape index (κ3) is 3.32. The maximum atomic E-state index is 5.64. The topological polar surface area (TPSA) is 75.9 Å². The van der Waals surface area contributed by atoms with E-state index in [0.717, 1.165) is 24.7 Å². The molecule has 0 aliphatic carbocycles. The molecule has 2 aromatic rings. The summed E-state index contributed by atoms with van der Waals surface area (Å²) in [4.78, 5) is 9.48. The Morgan fingerprint density at radius 2 is 2.06 bits per heavy atom. The number of hydrogen-bond donors (Lipinski definition) is 3. The minimum absolute atomic E-state index is 0.275. The van der Waals surface area contributed by atoms with Gasteiger partial charge in [-0.05, 0) is 18.4 Å². The zero-order valence-corrected chi connectivity index (χ0v) is 10.4. The molecule has 0 aliphatic rings. The van der Waals surface area contributed by atoms with Crippen molar-refractivity contribution in [1.29, 1.82) is 0 Å². The lowest BCUT2D eigenvalue weighted by molar-refractivity contribution is 1.09. The summed E-state index contributed by atoms with van der Waals surface area (Å²) in [5.41, 5.74) is 5.64. The summed E-state index contributed by atoms with van der Waals surface area (Å²) >= 11 is 1.71. The van der Waals surface area contributed by atoms with Gasteiger partial charge in [0, 0.05) is 17.5 Å². The van der Waals surface area contributed by atoms with Crippen LogP contribution in [0.3, 0.4) is 0 Å². The fraction of sp³-hybridized carbons (Fsp3) is 0.273. The first-order valence-electron chi connectivity index (χ1n) is 5.42. The first kappa shape index (κ1) is 11.7. The van der Waals surface area contributed by atoms with Crippen LogP contribution in [-0.4, -0.2) is 16.5 Å². The molecule has 0 spiro atoms. The van der Waals surface area contributed by atoms with Crippen LogP contribution in [0.5, 0.6) is 0 Å². The van der Waals surface area contributed by atoms with E-state index in [9.17, 15) is 0 Å². The van der Waals surface area contributed by atoms with Crippen molar-refractivity contribution >= 4 is 28.9 Å². The van der Waals surface area contributed by atoms with E-state index >= 15 is 0 Å². The Labute approximate surface area is 104 Å². The number of nitrogen functional groups attached to an aromatic ring is 1. The van der Waals surface area contributed by atoms with Crippen molar-refractivity contribution < 1.29 is 0 Å². The van der Waals surface area contributed by atoms with Gasteiger partial charge in [-0.25, -0.2) is 0 Å². The van der Waals surface area contributed by atoms with Crippen LogP contribution in [0.1, 0.15) is 11.8 Å². The summed E-state index contributed by atoms with van der Waals surface area (Å²) in [5, 5.41) is 8.39. The lowest BCUT2D eigenvalue weighted by atomic mass is 10.4. The number of anilines is 3. The first-order chi connectivity index (χ1) is 8.28. The Morgan fingerprint density at radius 3 is 2.71 bits per heavy atom. The van der Waals surface area contributed by atoms with Crippen molar-refractivity contribution in [1.82, 2.24) is 9.97 Å². The second-order valence-electron chi connectivity index (χ2n) is 3.46. The molecule has 0 saturated carbocycles. The number of nitrogens with two attached hydrogens (primary N) is 1. The van der Waals surface area contributed by atoms with Gasteiger partial charge in [-0.2, -0.15) is 9.97 Å². The van der Waals surface area contributed by atoms with E-state index in [1.807, 2.05) is 19.1 Å². The second-order valence-corrected chi connectivity index (χ2v) is 4.49. The van der Waals surface area contributed by atoms with Crippen LogP contribution in [0.4, 0.5) is 17.6 Å². The van der Waals surface area contributed by atoms with Crippen LogP contribution in [0, 0.1) is 0 Å². The average Bonchev–Trinajstić information content (AvgIpc) is 2.79. The number of aromatic nitrogens is 2. The number of hydrogen-bond acceptors (Lipinski definition) is 6. The molecular weight excluding hydrogens is 234 g/mol. The van der Waals surface area contributed by atoms with Crippen LogP contribution < -0.4 is 16.4 Å². The summed E-state index contributed by atoms with van der Waals surface area (Å²) in [6, 6.07) is 5.96. The third-order valence-electron chi connectivity index (χ3n) is 2.13. The summed E-state index contributed by atoms with van der Waals surface area (Å²) in [7, 11) is 0. The van der Waals surface area contributed by atoms with Gasteiger partial charge in [0.1, 0.15) is 11.6 Å². The van der Waals surface area contributed by atoms with Gasteiger partial charge in [0.25, 0.3) is 0 Å². The van der Waals surface area contributed by atoms with Gasteiger partial charge in [0.15, 0.2) is 0 Å². The molecule has 0 bridgehead atoms. The van der Waals surface area contributed by atoms with Crippen molar-refractivity contribution in [3.8, 4) is 0 Å². The van der Waals surface area contributed by atoms with Crippen molar-refractivity contribution in [2.75, 3.05) is 22.9 Å². The minimum atomic E-state index is 0.275. The Hall–Kier alpha value is -1.82. The van der Waals surface area contributed by atoms with Gasteiger partial charge in [-0.3, -0.25) is 0 Å². The summed E-state index contributed by atoms with van der Waals surface area (Å²) in [6.45, 7) is 3.57. The van der Waals surface area contributed by atoms with E-state index in [-0.39, 0.29) is 5.95 Å². The molecule has 17 heavy (non-hydrogen) atoms. The van der Waals surface area contributed by atoms with Crippen molar-refractivity contribution in [3.05, 3.63) is 28.5 Å². The quantitative estimate of drug-likeness (QED) is 0.757. The normalized spacial score (nSPS) is 10.2. The third-order valence-corrected chi connectivity index (χ3v) is 3.00. The molecule has 6 heteroatoms. The maximum Gasteiger partial charge on any atom is 0.223 e. The molecule has 90 valence electrons. The Bertz CT molecular complexity index is 469. The van der Waals surface area contributed by atoms with E-state index in [2.05, 4.69) is 32.0 Å². The van der Waals surface area contributed by atoms with Crippen LogP contribution in [-0.2, 0) is 6.54 Å². The highest BCUT2D eigenvalue weighted by atomic mass is 32.1. The van der Waals surface area contributed by atoms with E-state index < -0.39 is 0 Å². The molecule has 2 aromatic heterocycles. The highest BCUT2D eigenvalue weighted by molar-refractivity contribution is 7.09. The molecule has 0 fully saturated rings. The predicted molar refractivity (Wildman–Crippen MR) is 72.3 cm³/mol. The molecular formula is C11H15N5S. The first-order valence-corrected chi connectivity index (χ1v) is 6.30. The Kier molecular flexibility index (Phi) is 3.77. The molecule has 0 radical (unpaired) electrons. The molecule has 2 heterocycles. The SMILES string of the molecule is CCNc1cc(NCc2cccs2)nc(N)n1. The number of nitrogens with one attached hydrogen (secondary N) is 2. The molecule has 4 N–H and O–H groups in total. The monoisotopic (exact) mass is 249 g/mol. The molecule has 0 aliphatic heterocycles. The number of thiophene rings is 1. The smallest absolute Gasteiger partial charge is 0.223 e. The summed E-state index contributed by atoms with van der Waals surface area (Å²) in [5.74, 6) is 1.76. The van der Waals surface area contributed by atoms with Gasteiger partial charge in [0.05, 0.1) is 6.54 Å². The summed E-state index contributed by atoms with van der Waals surface area (Å²) < 4.78 is 0. The summed E-state index contributed by atoms with van der Waals surface area (Å²) in [6.07, 6.45) is 0. The van der Waals surface area contributed by atoms with Gasteiger partial charge in [-0.1, -0.05) is 6.07 Å². The highest BCUT2D eigenvalue weighted by Gasteiger charge is 2.01. The fourth-order valence-corrected chi connectivity index (χ4v) is 2.06. The lowest BCUT2D eigenvalue weighted by Gasteiger charge is -2.08. The maximum absolute atomic E-state index is 5.64. The van der Waals surface area contributed by atoms with Crippen LogP contribution in [0.25, 0.3) is 0 Å². The van der Waals surface area contributed by atoms with Crippen LogP contribution >= 0.6 is 11.3 Å². The standard InChI is InChI=1S/C11H15N5S/c1-2-13-9-6-10(16-11(12)15-9)14-7-8-4-3-5-17-8/h3-6H,2,7H2,1H3,(H4,12,13,14,15,16). The number of rotatable bonds is 5. The second kappa shape index (κ2) is 5.49. The predicted octanol–water partition coefficient (Wildman–Crippen LogP) is 2.16. The van der Waals surface area contributed by atoms with E-state index in [1.165, 1.54) is 4.88 Å². The molecule has 2 rings (SSSR count). The zero-order chi connectivity index (χ0) is 12.1. The van der Waals surface area contributed by atoms with E-state index in [0.29, 0.717) is 0 Å². The van der Waals surface area contributed by atoms with E-state index in [1.54, 1.807) is 11.3 Å². The van der Waals surface area contributed by atoms with Gasteiger partial charge >= 0.3 is 0 Å². The van der Waals surface area contributed by atoms with Crippen LogP contribution in [0.15, 0.2) is 23.6 Å². The van der Waals surface area contributed by atoms with Crippen molar-refractivity contribution in [2.24, 2.45) is 0 Å². The largest absolute Gasteiger partial charge is 0.370 e. The molecule has 0 unspecified atom stereocenters. The van der Waals surface area contributed by atoms with Gasteiger partial charge < -0.3 is 16.4 Å². The lowest BCUT2D eigenvalue weighted by Crippen LogP contribution is -2.07. The van der Waals surface area contributed by atoms with Crippen molar-refractivity contribution in [3.63, 3.8) is 0 Å². The molecule has 0 atom stereocenters. The van der Waals surface area contributed by atoms with E-state index in [4.69, 9.17) is 5.73 Å². The average molecular weight is 249 g/mol.